The number of hydrogen-bond acceptors (Lipinski definition) is 6. The minimum atomic E-state index is -0.597. The van der Waals surface area contributed by atoms with Crippen molar-refractivity contribution in [1.82, 2.24) is 4.98 Å². The number of benzene rings is 2. The number of aromatic amines is 1. The molecule has 0 spiro atoms. The number of carbonyl (C=O) groups is 2. The van der Waals surface area contributed by atoms with Crippen LogP contribution in [0.1, 0.15) is 16.4 Å². The zero-order valence-corrected chi connectivity index (χ0v) is 16.8. The van der Waals surface area contributed by atoms with Gasteiger partial charge in [-0.3, -0.25) is 9.59 Å². The van der Waals surface area contributed by atoms with Crippen molar-refractivity contribution in [1.29, 1.82) is 0 Å². The summed E-state index contributed by atoms with van der Waals surface area (Å²) in [6, 6.07) is 16.0. The van der Waals surface area contributed by atoms with Crippen LogP contribution in [0.15, 0.2) is 59.6 Å². The van der Waals surface area contributed by atoms with Gasteiger partial charge >= 0.3 is 0 Å². The molecule has 2 N–H and O–H groups in total. The SMILES string of the molecule is O=C1[C@H]2[C@H](c3ccccc3O)c3sc(=S)[nH]c3S[C@H]2C(=O)N1c1ccccc1. The van der Waals surface area contributed by atoms with Gasteiger partial charge in [-0.25, -0.2) is 4.90 Å². The Morgan fingerprint density at radius 2 is 1.71 bits per heavy atom. The maximum absolute atomic E-state index is 13.4. The van der Waals surface area contributed by atoms with Crippen LogP contribution in [0.2, 0.25) is 0 Å². The van der Waals surface area contributed by atoms with Crippen LogP contribution in [-0.4, -0.2) is 27.2 Å². The average molecular weight is 427 g/mol. The predicted octanol–water partition coefficient (Wildman–Crippen LogP) is 4.31. The lowest BCUT2D eigenvalue weighted by molar-refractivity contribution is -0.122. The van der Waals surface area contributed by atoms with Gasteiger partial charge in [-0.1, -0.05) is 48.2 Å². The van der Waals surface area contributed by atoms with E-state index in [2.05, 4.69) is 4.98 Å². The van der Waals surface area contributed by atoms with Crippen LogP contribution in [0.3, 0.4) is 0 Å². The number of aromatic nitrogens is 1. The molecule has 2 aromatic carbocycles. The molecular weight excluding hydrogens is 412 g/mol. The van der Waals surface area contributed by atoms with Crippen LogP contribution in [0, 0.1) is 9.87 Å². The number of nitrogens with one attached hydrogen (secondary N) is 1. The van der Waals surface area contributed by atoms with Crippen molar-refractivity contribution in [2.75, 3.05) is 4.90 Å². The second-order valence-corrected chi connectivity index (χ2v) is 9.53. The summed E-state index contributed by atoms with van der Waals surface area (Å²) >= 11 is 8.07. The van der Waals surface area contributed by atoms with Crippen LogP contribution >= 0.6 is 35.3 Å². The quantitative estimate of drug-likeness (QED) is 0.472. The number of carbonyl (C=O) groups excluding carboxylic acids is 2. The fraction of sp³-hybridized carbons (Fsp3) is 0.150. The molecular formula is C20H14N2O3S3. The summed E-state index contributed by atoms with van der Waals surface area (Å²) in [7, 11) is 0. The van der Waals surface area contributed by atoms with Gasteiger partial charge in [-0.2, -0.15) is 0 Å². The zero-order valence-electron chi connectivity index (χ0n) is 14.4. The summed E-state index contributed by atoms with van der Waals surface area (Å²) < 4.78 is 0.595. The number of phenolic OH excluding ortho intramolecular Hbond substituents is 1. The fourth-order valence-corrected chi connectivity index (χ4v) is 6.89. The van der Waals surface area contributed by atoms with E-state index in [9.17, 15) is 14.7 Å². The lowest BCUT2D eigenvalue weighted by atomic mass is 9.82. The highest BCUT2D eigenvalue weighted by Crippen LogP contribution is 2.55. The smallest absolute Gasteiger partial charge is 0.248 e. The van der Waals surface area contributed by atoms with Gasteiger partial charge in [0.25, 0.3) is 0 Å². The second-order valence-electron chi connectivity index (χ2n) is 6.66. The molecule has 3 aromatic rings. The number of hydrogen-bond donors (Lipinski definition) is 2. The summed E-state index contributed by atoms with van der Waals surface area (Å²) in [5.74, 6) is -1.39. The maximum atomic E-state index is 13.4. The average Bonchev–Trinajstić information content (AvgIpc) is 3.18. The van der Waals surface area contributed by atoms with Crippen molar-refractivity contribution in [2.45, 2.75) is 16.2 Å². The Bertz CT molecular complexity index is 1150. The number of H-pyrrole nitrogens is 1. The maximum Gasteiger partial charge on any atom is 0.248 e. The van der Waals surface area contributed by atoms with Gasteiger partial charge in [0.2, 0.25) is 11.8 Å². The van der Waals surface area contributed by atoms with E-state index in [0.29, 0.717) is 15.2 Å². The number of imide groups is 1. The largest absolute Gasteiger partial charge is 0.508 e. The number of aromatic hydroxyl groups is 1. The fourth-order valence-electron chi connectivity index (χ4n) is 3.93. The highest BCUT2D eigenvalue weighted by atomic mass is 32.2. The van der Waals surface area contributed by atoms with Gasteiger partial charge in [0.1, 0.15) is 11.0 Å². The third kappa shape index (κ3) is 2.56. The Morgan fingerprint density at radius 1 is 1.00 bits per heavy atom. The molecule has 3 heterocycles. The normalized spacial score (nSPS) is 23.6. The molecule has 0 unspecified atom stereocenters. The van der Waals surface area contributed by atoms with E-state index < -0.39 is 17.1 Å². The summed E-state index contributed by atoms with van der Waals surface area (Å²) in [6.07, 6.45) is 0. The lowest BCUT2D eigenvalue weighted by Gasteiger charge is -2.30. The number of fused-ring (bicyclic) bond motifs is 2. The van der Waals surface area contributed by atoms with Gasteiger partial charge < -0.3 is 10.1 Å². The highest BCUT2D eigenvalue weighted by Gasteiger charge is 2.56. The van der Waals surface area contributed by atoms with E-state index in [4.69, 9.17) is 12.2 Å². The third-order valence-electron chi connectivity index (χ3n) is 5.11. The first-order valence-electron chi connectivity index (χ1n) is 8.66. The summed E-state index contributed by atoms with van der Waals surface area (Å²) in [6.45, 7) is 0. The number of rotatable bonds is 2. The number of amides is 2. The molecule has 0 saturated carbocycles. The van der Waals surface area contributed by atoms with Gasteiger partial charge in [0.15, 0.2) is 3.95 Å². The van der Waals surface area contributed by atoms with Crippen molar-refractivity contribution in [3.8, 4) is 5.75 Å². The molecule has 2 amide bonds. The van der Waals surface area contributed by atoms with E-state index in [-0.39, 0.29) is 17.6 Å². The number of thiazole rings is 1. The molecule has 5 nitrogen and oxygen atoms in total. The molecule has 0 aliphatic carbocycles. The summed E-state index contributed by atoms with van der Waals surface area (Å²) in [5.41, 5.74) is 1.21. The molecule has 8 heteroatoms. The molecule has 28 heavy (non-hydrogen) atoms. The number of nitrogens with zero attached hydrogens (tertiary/aromatic N) is 1. The Hall–Kier alpha value is -2.42. The molecule has 1 aromatic heterocycles. The molecule has 140 valence electrons. The van der Waals surface area contributed by atoms with E-state index in [1.54, 1.807) is 36.4 Å². The summed E-state index contributed by atoms with van der Waals surface area (Å²) in [5, 5.41) is 10.7. The Balaban J connectivity index is 1.69. The first-order valence-corrected chi connectivity index (χ1v) is 10.8. The molecule has 2 aliphatic heterocycles. The van der Waals surface area contributed by atoms with Crippen LogP contribution in [-0.2, 0) is 9.59 Å². The molecule has 0 radical (unpaired) electrons. The predicted molar refractivity (Wildman–Crippen MR) is 112 cm³/mol. The van der Waals surface area contributed by atoms with E-state index >= 15 is 0 Å². The van der Waals surface area contributed by atoms with E-state index in [1.165, 1.54) is 28.0 Å². The number of thioether (sulfide) groups is 1. The van der Waals surface area contributed by atoms with Crippen molar-refractivity contribution in [3.63, 3.8) is 0 Å². The Kier molecular flexibility index (Phi) is 4.15. The van der Waals surface area contributed by atoms with Crippen molar-refractivity contribution < 1.29 is 14.7 Å². The number of anilines is 1. The van der Waals surface area contributed by atoms with Crippen LogP contribution < -0.4 is 4.90 Å². The molecule has 1 fully saturated rings. The van der Waals surface area contributed by atoms with Gasteiger partial charge in [-0.05, 0) is 30.4 Å². The minimum Gasteiger partial charge on any atom is -0.508 e. The number of phenols is 1. The van der Waals surface area contributed by atoms with Gasteiger partial charge in [-0.15, -0.1) is 11.3 Å². The van der Waals surface area contributed by atoms with Crippen molar-refractivity contribution >= 4 is 52.8 Å². The zero-order chi connectivity index (χ0) is 19.4. The van der Waals surface area contributed by atoms with Crippen LogP contribution in [0.5, 0.6) is 5.75 Å². The van der Waals surface area contributed by atoms with E-state index in [0.717, 1.165) is 9.90 Å². The molecule has 0 bridgehead atoms. The lowest BCUT2D eigenvalue weighted by Crippen LogP contribution is -2.32. The standard InChI is InChI=1S/C20H14N2O3S3/c23-12-9-5-4-8-11(12)13-14-16(27-17-15(13)28-20(26)21-17)19(25)22(18(14)24)10-6-2-1-3-7-10/h1-9,13-14,16,23H,(H,21,26)/t13-,14-,16+/m0/s1. The molecule has 5 rings (SSSR count). The first-order chi connectivity index (χ1) is 13.6. The highest BCUT2D eigenvalue weighted by molar-refractivity contribution is 8.01. The minimum absolute atomic E-state index is 0.113. The molecule has 3 atom stereocenters. The molecule has 1 saturated heterocycles. The van der Waals surface area contributed by atoms with Crippen LogP contribution in [0.25, 0.3) is 0 Å². The first kappa shape index (κ1) is 17.7. The van der Waals surface area contributed by atoms with Crippen molar-refractivity contribution in [3.05, 3.63) is 69.0 Å². The van der Waals surface area contributed by atoms with Gasteiger partial charge in [0.05, 0.1) is 16.6 Å². The van der Waals surface area contributed by atoms with Gasteiger partial charge in [0, 0.05) is 16.4 Å². The van der Waals surface area contributed by atoms with Crippen LogP contribution in [0.4, 0.5) is 5.69 Å². The van der Waals surface area contributed by atoms with Crippen molar-refractivity contribution in [2.24, 2.45) is 5.92 Å². The second kappa shape index (κ2) is 6.58. The Morgan fingerprint density at radius 3 is 2.46 bits per heavy atom. The third-order valence-corrected chi connectivity index (χ3v) is 7.86. The summed E-state index contributed by atoms with van der Waals surface area (Å²) in [4.78, 5) is 32.0. The monoisotopic (exact) mass is 426 g/mol. The topological polar surface area (TPSA) is 73.4 Å². The van der Waals surface area contributed by atoms with E-state index in [1.807, 2.05) is 18.2 Å². The number of para-hydroxylation sites is 2. The molecule has 2 aliphatic rings. The Labute approximate surface area is 174 Å².